The maximum absolute atomic E-state index is 13.8. The first-order chi connectivity index (χ1) is 14.3. The highest BCUT2D eigenvalue weighted by Gasteiger charge is 2.23. The highest BCUT2D eigenvalue weighted by Crippen LogP contribution is 2.40. The molecule has 2 aliphatic heterocycles. The molecule has 6 nitrogen and oxygen atoms in total. The molecule has 3 heterocycles. The number of benzene rings is 2. The molecule has 0 aliphatic carbocycles. The van der Waals surface area contributed by atoms with Crippen LogP contribution in [0.1, 0.15) is 18.4 Å². The van der Waals surface area contributed by atoms with Crippen LogP contribution in [-0.2, 0) is 0 Å². The van der Waals surface area contributed by atoms with E-state index in [2.05, 4.69) is 15.5 Å². The molecule has 1 aromatic heterocycles. The zero-order valence-electron chi connectivity index (χ0n) is 15.8. The smallest absolute Gasteiger partial charge is 0.131 e. The van der Waals surface area contributed by atoms with Gasteiger partial charge in [0.15, 0.2) is 0 Å². The van der Waals surface area contributed by atoms with Crippen molar-refractivity contribution in [1.82, 2.24) is 10.5 Å². The molecule has 0 amide bonds. The normalized spacial score (nSPS) is 16.7. The fraction of sp³-hybridized carbons (Fsp3) is 0.273. The standard InChI is InChI=1S/C22H21FN4O2/c23-17-2-1-3-18(9-17)27-14-25-11-15-8-20(16-12-26-28-13-16)22(10-21(15)27)29-19-4-6-24-7-5-19/h1-3,8-13,19,24H,4-7,14H2. The summed E-state index contributed by atoms with van der Waals surface area (Å²) in [5.41, 5.74) is 4.40. The third-order valence-corrected chi connectivity index (χ3v) is 5.32. The zero-order valence-corrected chi connectivity index (χ0v) is 15.8. The van der Waals surface area contributed by atoms with Gasteiger partial charge in [-0.25, -0.2) is 4.39 Å². The average molecular weight is 392 g/mol. The van der Waals surface area contributed by atoms with Gasteiger partial charge in [0.25, 0.3) is 0 Å². The third-order valence-electron chi connectivity index (χ3n) is 5.32. The third kappa shape index (κ3) is 3.61. The van der Waals surface area contributed by atoms with Crippen LogP contribution in [0.5, 0.6) is 5.75 Å². The second-order valence-corrected chi connectivity index (χ2v) is 7.25. The first-order valence-corrected chi connectivity index (χ1v) is 9.76. The van der Waals surface area contributed by atoms with Crippen molar-refractivity contribution in [3.8, 4) is 16.9 Å². The molecule has 2 aromatic carbocycles. The second-order valence-electron chi connectivity index (χ2n) is 7.25. The summed E-state index contributed by atoms with van der Waals surface area (Å²) in [6, 6.07) is 10.6. The molecular formula is C22H21FN4O2. The van der Waals surface area contributed by atoms with Crippen LogP contribution in [0.25, 0.3) is 11.1 Å². The number of anilines is 2. The lowest BCUT2D eigenvalue weighted by atomic mass is 10.0. The van der Waals surface area contributed by atoms with Gasteiger partial charge in [0.2, 0.25) is 0 Å². The van der Waals surface area contributed by atoms with E-state index in [9.17, 15) is 4.39 Å². The number of fused-ring (bicyclic) bond motifs is 1. The maximum atomic E-state index is 13.8. The molecule has 2 aliphatic rings. The SMILES string of the molecule is Fc1cccc(N2CN=Cc3cc(-c4cnoc4)c(OC4CCNCC4)cc32)c1. The van der Waals surface area contributed by atoms with E-state index in [0.29, 0.717) is 6.67 Å². The molecule has 5 rings (SSSR count). The van der Waals surface area contributed by atoms with Crippen LogP contribution >= 0.6 is 0 Å². The van der Waals surface area contributed by atoms with Crippen LogP contribution in [0.3, 0.4) is 0 Å². The fourth-order valence-electron chi connectivity index (χ4n) is 3.84. The van der Waals surface area contributed by atoms with Gasteiger partial charge in [-0.3, -0.25) is 4.99 Å². The number of piperidine rings is 1. The van der Waals surface area contributed by atoms with Crippen LogP contribution in [0, 0.1) is 5.82 Å². The summed E-state index contributed by atoms with van der Waals surface area (Å²) in [5, 5.41) is 7.20. The number of hydrogen-bond donors (Lipinski definition) is 1. The van der Waals surface area contributed by atoms with Gasteiger partial charge in [-0.05, 0) is 50.2 Å². The molecule has 29 heavy (non-hydrogen) atoms. The number of aliphatic imine (C=N–C) groups is 1. The van der Waals surface area contributed by atoms with Gasteiger partial charge in [0, 0.05) is 34.7 Å². The van der Waals surface area contributed by atoms with Crippen molar-refractivity contribution >= 4 is 17.6 Å². The van der Waals surface area contributed by atoms with E-state index in [0.717, 1.165) is 59.7 Å². The molecule has 0 spiro atoms. The number of aromatic nitrogens is 1. The lowest BCUT2D eigenvalue weighted by Crippen LogP contribution is -2.34. The Morgan fingerprint density at radius 3 is 2.86 bits per heavy atom. The van der Waals surface area contributed by atoms with Crippen LogP contribution < -0.4 is 15.0 Å². The molecule has 0 atom stereocenters. The highest BCUT2D eigenvalue weighted by molar-refractivity contribution is 5.95. The summed E-state index contributed by atoms with van der Waals surface area (Å²) in [6.45, 7) is 2.32. The number of nitrogens with one attached hydrogen (secondary N) is 1. The summed E-state index contributed by atoms with van der Waals surface area (Å²) >= 11 is 0. The molecule has 7 heteroatoms. The van der Waals surface area contributed by atoms with E-state index >= 15 is 0 Å². The first kappa shape index (κ1) is 17.9. The Kier molecular flexibility index (Phi) is 4.73. The summed E-state index contributed by atoms with van der Waals surface area (Å²) in [5.74, 6) is 0.501. The molecule has 1 saturated heterocycles. The molecule has 0 saturated carbocycles. The quantitative estimate of drug-likeness (QED) is 0.723. The molecular weight excluding hydrogens is 371 g/mol. The Balaban J connectivity index is 1.59. The molecule has 1 fully saturated rings. The lowest BCUT2D eigenvalue weighted by molar-refractivity contribution is 0.163. The topological polar surface area (TPSA) is 62.9 Å². The minimum Gasteiger partial charge on any atom is -0.490 e. The predicted octanol–water partition coefficient (Wildman–Crippen LogP) is 4.14. The van der Waals surface area contributed by atoms with Crippen molar-refractivity contribution < 1.29 is 13.7 Å². The van der Waals surface area contributed by atoms with Crippen molar-refractivity contribution in [1.29, 1.82) is 0 Å². The summed E-state index contributed by atoms with van der Waals surface area (Å²) in [7, 11) is 0. The van der Waals surface area contributed by atoms with Gasteiger partial charge >= 0.3 is 0 Å². The molecule has 0 unspecified atom stereocenters. The van der Waals surface area contributed by atoms with Crippen molar-refractivity contribution in [2.24, 2.45) is 4.99 Å². The van der Waals surface area contributed by atoms with E-state index < -0.39 is 0 Å². The molecule has 3 aromatic rings. The van der Waals surface area contributed by atoms with Gasteiger partial charge in [0.1, 0.15) is 30.6 Å². The number of ether oxygens (including phenoxy) is 1. The van der Waals surface area contributed by atoms with Crippen molar-refractivity contribution in [2.75, 3.05) is 24.7 Å². The van der Waals surface area contributed by atoms with E-state index in [1.165, 1.54) is 12.1 Å². The van der Waals surface area contributed by atoms with Crippen LogP contribution in [0.2, 0.25) is 0 Å². The summed E-state index contributed by atoms with van der Waals surface area (Å²) in [6.07, 6.45) is 7.19. The minimum absolute atomic E-state index is 0.146. The summed E-state index contributed by atoms with van der Waals surface area (Å²) in [4.78, 5) is 6.46. The lowest BCUT2D eigenvalue weighted by Gasteiger charge is -2.30. The Morgan fingerprint density at radius 2 is 2.07 bits per heavy atom. The number of halogens is 1. The van der Waals surface area contributed by atoms with Gasteiger partial charge in [-0.1, -0.05) is 11.2 Å². The van der Waals surface area contributed by atoms with Crippen molar-refractivity contribution in [2.45, 2.75) is 18.9 Å². The maximum Gasteiger partial charge on any atom is 0.131 e. The molecule has 0 radical (unpaired) electrons. The Bertz CT molecular complexity index is 1030. The number of nitrogens with zero attached hydrogens (tertiary/aromatic N) is 3. The molecule has 1 N–H and O–H groups in total. The Hall–Kier alpha value is -3.19. The minimum atomic E-state index is -0.272. The van der Waals surface area contributed by atoms with Gasteiger partial charge in [-0.2, -0.15) is 0 Å². The van der Waals surface area contributed by atoms with Gasteiger partial charge in [0.05, 0.1) is 11.9 Å². The highest BCUT2D eigenvalue weighted by atomic mass is 19.1. The van der Waals surface area contributed by atoms with E-state index in [1.54, 1.807) is 18.5 Å². The second kappa shape index (κ2) is 7.67. The van der Waals surface area contributed by atoms with Crippen LogP contribution in [0.15, 0.2) is 58.4 Å². The van der Waals surface area contributed by atoms with E-state index in [4.69, 9.17) is 9.26 Å². The molecule has 0 bridgehead atoms. The predicted molar refractivity (Wildman–Crippen MR) is 109 cm³/mol. The fourth-order valence-corrected chi connectivity index (χ4v) is 3.84. The van der Waals surface area contributed by atoms with Gasteiger partial charge < -0.3 is 19.5 Å². The van der Waals surface area contributed by atoms with E-state index in [-0.39, 0.29) is 11.9 Å². The van der Waals surface area contributed by atoms with Crippen molar-refractivity contribution in [3.63, 3.8) is 0 Å². The Morgan fingerprint density at radius 1 is 1.17 bits per heavy atom. The first-order valence-electron chi connectivity index (χ1n) is 9.76. The van der Waals surface area contributed by atoms with Crippen LogP contribution in [0.4, 0.5) is 15.8 Å². The van der Waals surface area contributed by atoms with Crippen LogP contribution in [-0.4, -0.2) is 37.2 Å². The largest absolute Gasteiger partial charge is 0.490 e. The number of rotatable bonds is 4. The van der Waals surface area contributed by atoms with Crippen molar-refractivity contribution in [3.05, 3.63) is 60.2 Å². The Labute approximate surface area is 168 Å². The zero-order chi connectivity index (χ0) is 19.6. The number of hydrogen-bond acceptors (Lipinski definition) is 6. The van der Waals surface area contributed by atoms with Gasteiger partial charge in [-0.15, -0.1) is 0 Å². The summed E-state index contributed by atoms with van der Waals surface area (Å²) < 4.78 is 25.3. The monoisotopic (exact) mass is 392 g/mol. The average Bonchev–Trinajstić information content (AvgIpc) is 3.28. The van der Waals surface area contributed by atoms with E-state index in [1.807, 2.05) is 29.3 Å². The molecule has 148 valence electrons.